The molecule has 0 atom stereocenters. The maximum Gasteiger partial charge on any atom is 0.354 e. The van der Waals surface area contributed by atoms with Crippen LogP contribution in [0.4, 0.5) is 5.69 Å². The highest BCUT2D eigenvalue weighted by Gasteiger charge is 2.30. The van der Waals surface area contributed by atoms with Gasteiger partial charge in [-0.05, 0) is 24.3 Å². The first-order valence-electron chi connectivity index (χ1n) is 7.01. The molecular formula is C16H12Cl2N2O4S. The minimum Gasteiger partial charge on any atom is -0.477 e. The highest BCUT2D eigenvalue weighted by atomic mass is 35.5. The molecule has 25 heavy (non-hydrogen) atoms. The number of sulfonamides is 1. The predicted molar refractivity (Wildman–Crippen MR) is 97.3 cm³/mol. The third-order valence-electron chi connectivity index (χ3n) is 3.72. The first-order valence-corrected chi connectivity index (χ1v) is 9.21. The van der Waals surface area contributed by atoms with Crippen LogP contribution in [0.1, 0.15) is 10.5 Å². The quantitative estimate of drug-likeness (QED) is 0.694. The molecule has 0 radical (unpaired) electrons. The average Bonchev–Trinajstić information content (AvgIpc) is 2.94. The molecule has 0 amide bonds. The summed E-state index contributed by atoms with van der Waals surface area (Å²) in [5.74, 6) is -1.31. The fraction of sp³-hybridized carbons (Fsp3) is 0.0625. The van der Waals surface area contributed by atoms with Gasteiger partial charge < -0.3 is 10.1 Å². The Labute approximate surface area is 153 Å². The molecule has 0 saturated carbocycles. The number of nitrogens with zero attached hydrogens (tertiary/aromatic N) is 1. The van der Waals surface area contributed by atoms with Crippen molar-refractivity contribution in [1.82, 2.24) is 4.98 Å². The second kappa shape index (κ2) is 6.25. The molecule has 6 nitrogen and oxygen atoms in total. The smallest absolute Gasteiger partial charge is 0.354 e. The van der Waals surface area contributed by atoms with Crippen molar-refractivity contribution in [3.63, 3.8) is 0 Å². The van der Waals surface area contributed by atoms with Crippen LogP contribution in [0.5, 0.6) is 0 Å². The van der Waals surface area contributed by atoms with Crippen molar-refractivity contribution in [1.29, 1.82) is 0 Å². The van der Waals surface area contributed by atoms with Crippen LogP contribution < -0.4 is 4.31 Å². The van der Waals surface area contributed by atoms with Crippen LogP contribution in [0.2, 0.25) is 10.0 Å². The zero-order valence-electron chi connectivity index (χ0n) is 12.8. The van der Waals surface area contributed by atoms with Crippen molar-refractivity contribution >= 4 is 55.8 Å². The van der Waals surface area contributed by atoms with Crippen molar-refractivity contribution < 1.29 is 18.3 Å². The summed E-state index contributed by atoms with van der Waals surface area (Å²) in [6.07, 6.45) is 0. The number of carboxylic acids is 1. The number of nitrogens with one attached hydrogen (secondary N) is 1. The summed E-state index contributed by atoms with van der Waals surface area (Å²) in [4.78, 5) is 14.3. The van der Waals surface area contributed by atoms with Gasteiger partial charge in [0.2, 0.25) is 0 Å². The Morgan fingerprint density at radius 3 is 2.40 bits per heavy atom. The maximum absolute atomic E-state index is 12.9. The number of carboxylic acid groups (broad SMARTS) is 1. The standard InChI is InChI=1S/C16H12Cl2N2O4S/c1-20(25(23,24)10-5-3-2-4-6-10)15-13-11(18)7-9(17)8-12(13)19-14(15)16(21)22/h2-8,19H,1H3,(H,21,22). The lowest BCUT2D eigenvalue weighted by Gasteiger charge is -2.20. The van der Waals surface area contributed by atoms with Gasteiger partial charge in [0.1, 0.15) is 0 Å². The highest BCUT2D eigenvalue weighted by Crippen LogP contribution is 2.39. The van der Waals surface area contributed by atoms with Crippen molar-refractivity contribution in [2.75, 3.05) is 11.4 Å². The van der Waals surface area contributed by atoms with Gasteiger partial charge in [0.25, 0.3) is 10.0 Å². The number of hydrogen-bond donors (Lipinski definition) is 2. The van der Waals surface area contributed by atoms with E-state index < -0.39 is 16.0 Å². The Hall–Kier alpha value is -2.22. The molecule has 0 spiro atoms. The Morgan fingerprint density at radius 1 is 1.16 bits per heavy atom. The fourth-order valence-electron chi connectivity index (χ4n) is 2.57. The van der Waals surface area contributed by atoms with Crippen molar-refractivity contribution in [3.05, 3.63) is 58.2 Å². The van der Waals surface area contributed by atoms with Crippen LogP contribution in [0.15, 0.2) is 47.4 Å². The molecule has 0 fully saturated rings. The minimum absolute atomic E-state index is 0.0354. The van der Waals surface area contributed by atoms with Crippen LogP contribution in [0.25, 0.3) is 10.9 Å². The van der Waals surface area contributed by atoms with Gasteiger partial charge >= 0.3 is 5.97 Å². The lowest BCUT2D eigenvalue weighted by atomic mass is 10.2. The van der Waals surface area contributed by atoms with Gasteiger partial charge in [0.15, 0.2) is 5.69 Å². The van der Waals surface area contributed by atoms with E-state index in [2.05, 4.69) is 4.98 Å². The number of aromatic carboxylic acids is 1. The van der Waals surface area contributed by atoms with E-state index in [0.717, 1.165) is 4.31 Å². The predicted octanol–water partition coefficient (Wildman–Crippen LogP) is 4.00. The van der Waals surface area contributed by atoms with E-state index >= 15 is 0 Å². The van der Waals surface area contributed by atoms with Crippen LogP contribution >= 0.6 is 23.2 Å². The van der Waals surface area contributed by atoms with E-state index in [0.29, 0.717) is 10.5 Å². The second-order valence-electron chi connectivity index (χ2n) is 5.25. The second-order valence-corrected chi connectivity index (χ2v) is 8.06. The first-order chi connectivity index (χ1) is 11.7. The molecule has 2 N–H and O–H groups in total. The Balaban J connectivity index is 2.31. The molecule has 0 unspecified atom stereocenters. The normalized spacial score (nSPS) is 11.6. The summed E-state index contributed by atoms with van der Waals surface area (Å²) in [6, 6.07) is 10.6. The Kier molecular flexibility index (Phi) is 4.40. The van der Waals surface area contributed by atoms with E-state index in [1.165, 1.54) is 31.3 Å². The number of carbonyl (C=O) groups is 1. The van der Waals surface area contributed by atoms with E-state index in [4.69, 9.17) is 23.2 Å². The molecule has 130 valence electrons. The maximum atomic E-state index is 12.9. The molecule has 9 heteroatoms. The molecular weight excluding hydrogens is 387 g/mol. The summed E-state index contributed by atoms with van der Waals surface area (Å²) < 4.78 is 26.7. The molecule has 3 aromatic rings. The summed E-state index contributed by atoms with van der Waals surface area (Å²) in [7, 11) is -2.70. The molecule has 3 rings (SSSR count). The molecule has 1 aromatic heterocycles. The third-order valence-corrected chi connectivity index (χ3v) is 6.01. The largest absolute Gasteiger partial charge is 0.477 e. The number of hydrogen-bond acceptors (Lipinski definition) is 3. The monoisotopic (exact) mass is 398 g/mol. The lowest BCUT2D eigenvalue weighted by molar-refractivity contribution is 0.0692. The molecule has 0 aliphatic heterocycles. The first kappa shape index (κ1) is 17.6. The number of rotatable bonds is 4. The van der Waals surface area contributed by atoms with Gasteiger partial charge in [-0.25, -0.2) is 13.2 Å². The number of benzene rings is 2. The van der Waals surface area contributed by atoms with Gasteiger partial charge in [-0.1, -0.05) is 41.4 Å². The van der Waals surface area contributed by atoms with E-state index in [9.17, 15) is 18.3 Å². The van der Waals surface area contributed by atoms with E-state index in [1.807, 2.05) is 0 Å². The minimum atomic E-state index is -3.98. The van der Waals surface area contributed by atoms with Gasteiger partial charge in [-0.2, -0.15) is 0 Å². The summed E-state index contributed by atoms with van der Waals surface area (Å²) in [5, 5.41) is 10.2. The van der Waals surface area contributed by atoms with E-state index in [-0.39, 0.29) is 26.7 Å². The van der Waals surface area contributed by atoms with Gasteiger partial charge in [0, 0.05) is 17.5 Å². The van der Waals surface area contributed by atoms with Crippen molar-refractivity contribution in [2.45, 2.75) is 4.90 Å². The summed E-state index contributed by atoms with van der Waals surface area (Å²) in [6.45, 7) is 0. The summed E-state index contributed by atoms with van der Waals surface area (Å²) >= 11 is 12.2. The van der Waals surface area contributed by atoms with E-state index in [1.54, 1.807) is 18.2 Å². The molecule has 2 aromatic carbocycles. The van der Waals surface area contributed by atoms with Crippen molar-refractivity contribution in [3.8, 4) is 0 Å². The number of fused-ring (bicyclic) bond motifs is 1. The van der Waals surface area contributed by atoms with Crippen LogP contribution in [-0.4, -0.2) is 31.5 Å². The molecule has 0 aliphatic rings. The zero-order valence-corrected chi connectivity index (χ0v) is 15.2. The number of halogens is 2. The fourth-order valence-corrected chi connectivity index (χ4v) is 4.40. The number of aromatic amines is 1. The number of aromatic nitrogens is 1. The van der Waals surface area contributed by atoms with Crippen LogP contribution in [0, 0.1) is 0 Å². The Morgan fingerprint density at radius 2 is 1.80 bits per heavy atom. The summed E-state index contributed by atoms with van der Waals surface area (Å²) in [5.41, 5.74) is -0.00537. The topological polar surface area (TPSA) is 90.5 Å². The molecule has 1 heterocycles. The number of H-pyrrole nitrogens is 1. The SMILES string of the molecule is CN(c1c(C(=O)O)[nH]c2cc(Cl)cc(Cl)c12)S(=O)(=O)c1ccccc1. The van der Waals surface area contributed by atoms with Crippen molar-refractivity contribution in [2.24, 2.45) is 0 Å². The zero-order chi connectivity index (χ0) is 18.4. The molecule has 0 saturated heterocycles. The van der Waals surface area contributed by atoms with Gasteiger partial charge in [-0.3, -0.25) is 4.31 Å². The lowest BCUT2D eigenvalue weighted by Crippen LogP contribution is -2.27. The third kappa shape index (κ3) is 2.95. The highest BCUT2D eigenvalue weighted by molar-refractivity contribution is 7.92. The van der Waals surface area contributed by atoms with Gasteiger partial charge in [0.05, 0.1) is 21.1 Å². The Bertz CT molecular complexity index is 1080. The molecule has 0 bridgehead atoms. The van der Waals surface area contributed by atoms with Gasteiger partial charge in [-0.15, -0.1) is 0 Å². The molecule has 0 aliphatic carbocycles. The van der Waals surface area contributed by atoms with Crippen LogP contribution in [0.3, 0.4) is 0 Å². The number of anilines is 1. The van der Waals surface area contributed by atoms with Crippen LogP contribution in [-0.2, 0) is 10.0 Å². The average molecular weight is 399 g/mol.